The van der Waals surface area contributed by atoms with Gasteiger partial charge in [0, 0.05) is 70.5 Å². The molecule has 15 rings (SSSR count). The average Bonchev–Trinajstić information content (AvgIpc) is 4.20. The molecular formula is C63H38N2O2S. The zero-order valence-corrected chi connectivity index (χ0v) is 37.4. The van der Waals surface area contributed by atoms with Crippen LogP contribution in [0.4, 0.5) is 34.1 Å². The Morgan fingerprint density at radius 3 is 1.68 bits per heavy atom. The third-order valence-electron chi connectivity index (χ3n) is 14.4. The van der Waals surface area contributed by atoms with Gasteiger partial charge in [-0.3, -0.25) is 0 Å². The van der Waals surface area contributed by atoms with Gasteiger partial charge < -0.3 is 18.6 Å². The monoisotopic (exact) mass is 886 g/mol. The van der Waals surface area contributed by atoms with E-state index in [2.05, 4.69) is 222 Å². The van der Waals surface area contributed by atoms with Gasteiger partial charge in [-0.15, -0.1) is 11.3 Å². The third-order valence-corrected chi connectivity index (χ3v) is 15.7. The highest BCUT2D eigenvalue weighted by Gasteiger charge is 2.54. The molecule has 68 heavy (non-hydrogen) atoms. The zero-order valence-electron chi connectivity index (χ0n) is 36.6. The van der Waals surface area contributed by atoms with Crippen molar-refractivity contribution in [1.82, 2.24) is 0 Å². The topological polar surface area (TPSA) is 32.8 Å². The molecule has 3 aromatic heterocycles. The van der Waals surface area contributed by atoms with Gasteiger partial charge >= 0.3 is 0 Å². The molecule has 5 heteroatoms. The Bertz CT molecular complexity index is 4180. The normalized spacial score (nSPS) is 14.5. The van der Waals surface area contributed by atoms with E-state index in [9.17, 15) is 0 Å². The molecule has 4 nitrogen and oxygen atoms in total. The van der Waals surface area contributed by atoms with Crippen LogP contribution in [0.2, 0.25) is 0 Å². The first-order valence-electron chi connectivity index (χ1n) is 23.2. The standard InChI is InChI=1S/C63H38N2O2S/c1-3-16-39(17-4-1)64(41-32-35-58-51(36-41)47-22-9-12-27-56(47)66-58)42-31-34-49-54(37-42)63(62-60(49)50-23-10-14-29-59(50)68-62)52-25-11-7-20-44(52)45-33-30-43(38-53(45)63)65(40-18-5-2-6-19-40)55-26-15-24-48-46-21-8-13-28-57(46)67-61(48)55/h1-38H. The molecule has 1 unspecified atom stereocenters. The Morgan fingerprint density at radius 1 is 0.338 bits per heavy atom. The fourth-order valence-electron chi connectivity index (χ4n) is 11.6. The van der Waals surface area contributed by atoms with E-state index in [0.29, 0.717) is 0 Å². The zero-order chi connectivity index (χ0) is 44.5. The van der Waals surface area contributed by atoms with E-state index in [1.165, 1.54) is 53.9 Å². The van der Waals surface area contributed by atoms with Gasteiger partial charge in [0.25, 0.3) is 0 Å². The highest BCUT2D eigenvalue weighted by molar-refractivity contribution is 7.20. The number of hydrogen-bond acceptors (Lipinski definition) is 5. The molecule has 1 spiro atoms. The SMILES string of the molecule is c1ccc(N(c2ccc3c(c2)C2(c4ccccc4-c4ccc(N(c5ccccc5)c5cccc6c5oc5ccccc56)cc42)c2sc4ccccc4c2-3)c2ccc3oc4ccccc4c3c2)cc1. The predicted molar refractivity (Wildman–Crippen MR) is 282 cm³/mol. The molecule has 1 atom stereocenters. The van der Waals surface area contributed by atoms with E-state index in [-0.39, 0.29) is 0 Å². The number of para-hydroxylation sites is 5. The van der Waals surface area contributed by atoms with Crippen molar-refractivity contribution in [2.75, 3.05) is 9.80 Å². The van der Waals surface area contributed by atoms with Crippen LogP contribution in [-0.4, -0.2) is 0 Å². The van der Waals surface area contributed by atoms with Gasteiger partial charge in [-0.1, -0.05) is 140 Å². The summed E-state index contributed by atoms with van der Waals surface area (Å²) in [5.74, 6) is 0. The number of furan rings is 2. The molecule has 0 N–H and O–H groups in total. The number of benzene rings is 10. The van der Waals surface area contributed by atoms with Crippen LogP contribution in [0.15, 0.2) is 239 Å². The summed E-state index contributed by atoms with van der Waals surface area (Å²) in [7, 11) is 0. The van der Waals surface area contributed by atoms with Crippen LogP contribution in [0.1, 0.15) is 21.6 Å². The van der Waals surface area contributed by atoms with E-state index in [4.69, 9.17) is 8.83 Å². The minimum absolute atomic E-state index is 0.618. The maximum Gasteiger partial charge on any atom is 0.159 e. The molecular weight excluding hydrogens is 849 g/mol. The summed E-state index contributed by atoms with van der Waals surface area (Å²) in [6, 6.07) is 83.7. The number of nitrogens with zero attached hydrogens (tertiary/aromatic N) is 2. The highest BCUT2D eigenvalue weighted by Crippen LogP contribution is 2.67. The Balaban J connectivity index is 1.01. The molecule has 318 valence electrons. The molecule has 0 saturated heterocycles. The van der Waals surface area contributed by atoms with Crippen LogP contribution >= 0.6 is 11.3 Å². The minimum atomic E-state index is -0.618. The summed E-state index contributed by atoms with van der Waals surface area (Å²) in [6.45, 7) is 0. The van der Waals surface area contributed by atoms with E-state index >= 15 is 0 Å². The van der Waals surface area contributed by atoms with Crippen LogP contribution < -0.4 is 9.80 Å². The predicted octanol–water partition coefficient (Wildman–Crippen LogP) is 18.0. The lowest BCUT2D eigenvalue weighted by Crippen LogP contribution is -2.25. The fourth-order valence-corrected chi connectivity index (χ4v) is 13.1. The lowest BCUT2D eigenvalue weighted by molar-refractivity contribution is 0.668. The summed E-state index contributed by atoms with van der Waals surface area (Å²) in [6.07, 6.45) is 0. The number of anilines is 6. The molecule has 0 fully saturated rings. The van der Waals surface area contributed by atoms with Crippen LogP contribution in [0.3, 0.4) is 0 Å². The minimum Gasteiger partial charge on any atom is -0.456 e. The van der Waals surface area contributed by atoms with E-state index < -0.39 is 5.41 Å². The molecule has 0 bridgehead atoms. The molecule has 0 saturated carbocycles. The van der Waals surface area contributed by atoms with Crippen LogP contribution in [0, 0.1) is 0 Å². The second kappa shape index (κ2) is 14.2. The Hall–Kier alpha value is -8.64. The number of fused-ring (bicyclic) bond motifs is 18. The van der Waals surface area contributed by atoms with Gasteiger partial charge in [-0.25, -0.2) is 0 Å². The molecule has 0 amide bonds. The second-order valence-corrected chi connectivity index (χ2v) is 19.0. The maximum atomic E-state index is 6.77. The Morgan fingerprint density at radius 2 is 0.882 bits per heavy atom. The van der Waals surface area contributed by atoms with Crippen molar-refractivity contribution in [1.29, 1.82) is 0 Å². The van der Waals surface area contributed by atoms with Gasteiger partial charge in [-0.05, 0) is 124 Å². The number of thiophene rings is 1. The van der Waals surface area contributed by atoms with Crippen molar-refractivity contribution in [3.63, 3.8) is 0 Å². The average molecular weight is 887 g/mol. The molecule has 0 radical (unpaired) electrons. The van der Waals surface area contributed by atoms with Crippen molar-refractivity contribution in [3.05, 3.63) is 252 Å². The van der Waals surface area contributed by atoms with Gasteiger partial charge in [0.15, 0.2) is 5.58 Å². The van der Waals surface area contributed by atoms with Crippen molar-refractivity contribution >= 4 is 99.4 Å². The Kier molecular flexibility index (Phi) is 7.83. The van der Waals surface area contributed by atoms with Crippen LogP contribution in [-0.2, 0) is 5.41 Å². The van der Waals surface area contributed by atoms with Crippen molar-refractivity contribution in [3.8, 4) is 22.3 Å². The number of rotatable bonds is 6. The molecule has 2 aliphatic rings. The fraction of sp³-hybridized carbons (Fsp3) is 0.0159. The first-order chi connectivity index (χ1) is 33.7. The van der Waals surface area contributed by atoms with E-state index in [1.807, 2.05) is 29.5 Å². The van der Waals surface area contributed by atoms with Gasteiger partial charge in [0.05, 0.1) is 11.1 Å². The molecule has 0 aliphatic heterocycles. The molecule has 2 aliphatic carbocycles. The summed E-state index contributed by atoms with van der Waals surface area (Å²) in [4.78, 5) is 6.15. The first-order valence-corrected chi connectivity index (χ1v) is 24.0. The third kappa shape index (κ3) is 5.14. The van der Waals surface area contributed by atoms with E-state index in [1.54, 1.807) is 0 Å². The first kappa shape index (κ1) is 37.6. The van der Waals surface area contributed by atoms with Crippen molar-refractivity contribution in [2.45, 2.75) is 5.41 Å². The van der Waals surface area contributed by atoms with Crippen LogP contribution in [0.25, 0.3) is 76.2 Å². The van der Waals surface area contributed by atoms with Gasteiger partial charge in [0.1, 0.15) is 16.7 Å². The molecule has 10 aromatic carbocycles. The lowest BCUT2D eigenvalue weighted by atomic mass is 9.73. The van der Waals surface area contributed by atoms with Crippen LogP contribution in [0.5, 0.6) is 0 Å². The smallest absolute Gasteiger partial charge is 0.159 e. The Labute approximate surface area is 395 Å². The number of hydrogen-bond donors (Lipinski definition) is 0. The highest BCUT2D eigenvalue weighted by atomic mass is 32.1. The molecule has 3 heterocycles. The molecule has 13 aromatic rings. The van der Waals surface area contributed by atoms with E-state index in [0.717, 1.165) is 78.0 Å². The quantitative estimate of drug-likeness (QED) is 0.167. The van der Waals surface area contributed by atoms with Gasteiger partial charge in [-0.2, -0.15) is 0 Å². The van der Waals surface area contributed by atoms with Crippen molar-refractivity contribution < 1.29 is 8.83 Å². The summed E-state index contributed by atoms with van der Waals surface area (Å²) in [5, 5.41) is 5.70. The second-order valence-electron chi connectivity index (χ2n) is 17.9. The summed E-state index contributed by atoms with van der Waals surface area (Å²) < 4.78 is 14.4. The lowest BCUT2D eigenvalue weighted by Gasteiger charge is -2.32. The summed E-state index contributed by atoms with van der Waals surface area (Å²) in [5.41, 5.74) is 18.2. The largest absolute Gasteiger partial charge is 0.456 e. The summed E-state index contributed by atoms with van der Waals surface area (Å²) >= 11 is 1.94. The van der Waals surface area contributed by atoms with Crippen molar-refractivity contribution in [2.24, 2.45) is 0 Å². The maximum absolute atomic E-state index is 6.77. The van der Waals surface area contributed by atoms with Gasteiger partial charge in [0.2, 0.25) is 0 Å².